The van der Waals surface area contributed by atoms with Gasteiger partial charge in [-0.2, -0.15) is 0 Å². The Bertz CT molecular complexity index is 538. The van der Waals surface area contributed by atoms with Crippen LogP contribution < -0.4 is 4.74 Å². The lowest BCUT2D eigenvalue weighted by Gasteiger charge is -2.25. The van der Waals surface area contributed by atoms with Gasteiger partial charge in [0.2, 0.25) is 0 Å². The minimum atomic E-state index is 0.133. The molecule has 0 aliphatic carbocycles. The molecule has 1 aromatic rings. The fourth-order valence-electron chi connectivity index (χ4n) is 2.68. The number of aryl methyl sites for hydroxylation is 2. The first-order chi connectivity index (χ1) is 9.06. The Kier molecular flexibility index (Phi) is 4.08. The highest BCUT2D eigenvalue weighted by molar-refractivity contribution is 5.94. The van der Waals surface area contributed by atoms with Crippen LogP contribution in [0.25, 0.3) is 0 Å². The van der Waals surface area contributed by atoms with E-state index in [-0.39, 0.29) is 5.78 Å². The van der Waals surface area contributed by atoms with Gasteiger partial charge >= 0.3 is 0 Å². The van der Waals surface area contributed by atoms with Crippen LogP contribution >= 0.6 is 0 Å². The van der Waals surface area contributed by atoms with Crippen molar-refractivity contribution in [3.63, 3.8) is 0 Å². The Balaban J connectivity index is 2.48. The Morgan fingerprint density at radius 2 is 2.05 bits per heavy atom. The third kappa shape index (κ3) is 2.73. The fraction of sp³-hybridized carbons (Fsp3) is 0.471. The molecule has 102 valence electrons. The summed E-state index contributed by atoms with van der Waals surface area (Å²) in [5.74, 6) is 2.00. The summed E-state index contributed by atoms with van der Waals surface area (Å²) < 4.78 is 6.08. The second-order valence-corrected chi connectivity index (χ2v) is 5.25. The normalized spacial score (nSPS) is 14.1. The molecule has 2 heteroatoms. The van der Waals surface area contributed by atoms with E-state index < -0.39 is 0 Å². The van der Waals surface area contributed by atoms with Crippen molar-refractivity contribution < 1.29 is 9.53 Å². The standard InChI is InChI=1S/C17H22O2/c1-5-7-16-15(12(4)18)10-14-9-11(3)8-13(6-2)17(14)19-16/h8-9H,5-7,10H2,1-4H3. The Morgan fingerprint density at radius 1 is 1.32 bits per heavy atom. The van der Waals surface area contributed by atoms with Crippen LogP contribution in [0.5, 0.6) is 5.75 Å². The summed E-state index contributed by atoms with van der Waals surface area (Å²) in [6.07, 6.45) is 3.51. The van der Waals surface area contributed by atoms with Crippen LogP contribution in [0.1, 0.15) is 50.3 Å². The zero-order chi connectivity index (χ0) is 14.0. The second-order valence-electron chi connectivity index (χ2n) is 5.25. The smallest absolute Gasteiger partial charge is 0.159 e. The second kappa shape index (κ2) is 5.60. The third-order valence-corrected chi connectivity index (χ3v) is 3.60. The minimum absolute atomic E-state index is 0.133. The number of ether oxygens (including phenoxy) is 1. The number of Topliss-reactive ketones (excluding diaryl/α,β-unsaturated/α-hetero) is 1. The number of benzene rings is 1. The first-order valence-electron chi connectivity index (χ1n) is 7.10. The number of carbonyl (C=O) groups is 1. The maximum absolute atomic E-state index is 11.8. The predicted octanol–water partition coefficient (Wildman–Crippen LogP) is 4.14. The van der Waals surface area contributed by atoms with E-state index in [0.29, 0.717) is 6.42 Å². The summed E-state index contributed by atoms with van der Waals surface area (Å²) in [6, 6.07) is 4.32. The van der Waals surface area contributed by atoms with Gasteiger partial charge in [-0.05, 0) is 37.8 Å². The van der Waals surface area contributed by atoms with E-state index in [2.05, 4.69) is 32.9 Å². The van der Waals surface area contributed by atoms with Crippen molar-refractivity contribution >= 4 is 5.78 Å². The molecule has 0 bridgehead atoms. The number of ketones is 1. The van der Waals surface area contributed by atoms with Crippen molar-refractivity contribution in [3.05, 3.63) is 40.2 Å². The summed E-state index contributed by atoms with van der Waals surface area (Å²) in [5, 5.41) is 0. The number of hydrogen-bond acceptors (Lipinski definition) is 2. The molecule has 1 heterocycles. The first-order valence-corrected chi connectivity index (χ1v) is 7.10. The lowest BCUT2D eigenvalue weighted by atomic mass is 9.92. The molecule has 2 rings (SSSR count). The molecule has 0 unspecified atom stereocenters. The van der Waals surface area contributed by atoms with Crippen molar-refractivity contribution in [3.8, 4) is 5.75 Å². The van der Waals surface area contributed by atoms with Crippen LogP contribution in [-0.2, 0) is 17.6 Å². The van der Waals surface area contributed by atoms with Gasteiger partial charge in [-0.3, -0.25) is 4.79 Å². The summed E-state index contributed by atoms with van der Waals surface area (Å²) in [7, 11) is 0. The molecule has 0 saturated carbocycles. The molecule has 0 atom stereocenters. The average Bonchev–Trinajstić information content (AvgIpc) is 2.37. The van der Waals surface area contributed by atoms with E-state index in [9.17, 15) is 4.79 Å². The highest BCUT2D eigenvalue weighted by atomic mass is 16.5. The largest absolute Gasteiger partial charge is 0.461 e. The highest BCUT2D eigenvalue weighted by Crippen LogP contribution is 2.36. The van der Waals surface area contributed by atoms with Crippen molar-refractivity contribution in [2.75, 3.05) is 0 Å². The van der Waals surface area contributed by atoms with Gasteiger partial charge in [0, 0.05) is 18.4 Å². The Labute approximate surface area is 115 Å². The lowest BCUT2D eigenvalue weighted by Crippen LogP contribution is -2.16. The quantitative estimate of drug-likeness (QED) is 0.811. The fourth-order valence-corrected chi connectivity index (χ4v) is 2.68. The third-order valence-electron chi connectivity index (χ3n) is 3.60. The van der Waals surface area contributed by atoms with Gasteiger partial charge < -0.3 is 4.74 Å². The summed E-state index contributed by atoms with van der Waals surface area (Å²) in [6.45, 7) is 7.98. The van der Waals surface area contributed by atoms with Crippen LogP contribution in [0.15, 0.2) is 23.5 Å². The zero-order valence-electron chi connectivity index (χ0n) is 12.3. The van der Waals surface area contributed by atoms with Crippen molar-refractivity contribution in [1.82, 2.24) is 0 Å². The maximum atomic E-state index is 11.8. The van der Waals surface area contributed by atoms with Crippen LogP contribution in [0.3, 0.4) is 0 Å². The van der Waals surface area contributed by atoms with Crippen LogP contribution in [0.2, 0.25) is 0 Å². The molecule has 0 spiro atoms. The molecular formula is C17H22O2. The molecule has 19 heavy (non-hydrogen) atoms. The van der Waals surface area contributed by atoms with Crippen LogP contribution in [0, 0.1) is 6.92 Å². The number of fused-ring (bicyclic) bond motifs is 1. The molecule has 0 radical (unpaired) electrons. The van der Waals surface area contributed by atoms with Crippen molar-refractivity contribution in [1.29, 1.82) is 0 Å². The minimum Gasteiger partial charge on any atom is -0.461 e. The van der Waals surface area contributed by atoms with E-state index in [1.807, 2.05) is 0 Å². The summed E-state index contributed by atoms with van der Waals surface area (Å²) in [5.41, 5.74) is 4.48. The molecule has 0 N–H and O–H groups in total. The number of rotatable bonds is 4. The van der Waals surface area contributed by atoms with E-state index in [1.165, 1.54) is 11.1 Å². The molecule has 0 aromatic heterocycles. The summed E-state index contributed by atoms with van der Waals surface area (Å²) >= 11 is 0. The first kappa shape index (κ1) is 13.9. The number of allylic oxidation sites excluding steroid dienone is 2. The topological polar surface area (TPSA) is 26.3 Å². The van der Waals surface area contributed by atoms with E-state index >= 15 is 0 Å². The SMILES string of the molecule is CCCC1=C(C(C)=O)Cc2cc(C)cc(CC)c2O1. The number of carbonyl (C=O) groups excluding carboxylic acids is 1. The van der Waals surface area contributed by atoms with Crippen molar-refractivity contribution in [2.45, 2.75) is 53.4 Å². The molecular weight excluding hydrogens is 236 g/mol. The summed E-state index contributed by atoms with van der Waals surface area (Å²) in [4.78, 5) is 11.8. The highest BCUT2D eigenvalue weighted by Gasteiger charge is 2.24. The van der Waals surface area contributed by atoms with Crippen molar-refractivity contribution in [2.24, 2.45) is 0 Å². The van der Waals surface area contributed by atoms with Gasteiger partial charge in [-0.15, -0.1) is 0 Å². The van der Waals surface area contributed by atoms with Gasteiger partial charge in [0.15, 0.2) is 5.78 Å². The van der Waals surface area contributed by atoms with Crippen LogP contribution in [0.4, 0.5) is 0 Å². The molecule has 0 amide bonds. The van der Waals surface area contributed by atoms with E-state index in [1.54, 1.807) is 6.92 Å². The van der Waals surface area contributed by atoms with Gasteiger partial charge in [0.25, 0.3) is 0 Å². The monoisotopic (exact) mass is 258 g/mol. The van der Waals surface area contributed by atoms with E-state index in [0.717, 1.165) is 41.9 Å². The van der Waals surface area contributed by atoms with Gasteiger partial charge in [0.05, 0.1) is 0 Å². The number of hydrogen-bond donors (Lipinski definition) is 0. The Morgan fingerprint density at radius 3 is 2.63 bits per heavy atom. The molecule has 2 nitrogen and oxygen atoms in total. The molecule has 1 aliphatic heterocycles. The van der Waals surface area contributed by atoms with Gasteiger partial charge in [0.1, 0.15) is 11.5 Å². The molecule has 0 saturated heterocycles. The predicted molar refractivity (Wildman–Crippen MR) is 77.5 cm³/mol. The lowest BCUT2D eigenvalue weighted by molar-refractivity contribution is -0.113. The molecule has 1 aromatic carbocycles. The maximum Gasteiger partial charge on any atom is 0.159 e. The zero-order valence-corrected chi connectivity index (χ0v) is 12.3. The molecule has 1 aliphatic rings. The average molecular weight is 258 g/mol. The van der Waals surface area contributed by atoms with Gasteiger partial charge in [-0.1, -0.05) is 31.5 Å². The molecule has 0 fully saturated rings. The van der Waals surface area contributed by atoms with Crippen LogP contribution in [-0.4, -0.2) is 5.78 Å². The van der Waals surface area contributed by atoms with E-state index in [4.69, 9.17) is 4.74 Å². The van der Waals surface area contributed by atoms with Gasteiger partial charge in [-0.25, -0.2) is 0 Å². The Hall–Kier alpha value is -1.57.